The monoisotopic (exact) mass is 307 g/mol. The van der Waals surface area contributed by atoms with Gasteiger partial charge in [0.25, 0.3) is 0 Å². The Hall–Kier alpha value is -2.08. The molecule has 0 fully saturated rings. The van der Waals surface area contributed by atoms with Crippen molar-refractivity contribution < 1.29 is 14.3 Å². The molecule has 0 aliphatic heterocycles. The molecule has 0 heterocycles. The zero-order valence-electron chi connectivity index (χ0n) is 13.5. The summed E-state index contributed by atoms with van der Waals surface area (Å²) < 4.78 is 4.85. The van der Waals surface area contributed by atoms with Crippen LogP contribution < -0.4 is 10.6 Å². The van der Waals surface area contributed by atoms with Gasteiger partial charge in [-0.15, -0.1) is 0 Å². The highest BCUT2D eigenvalue weighted by Crippen LogP contribution is 2.11. The van der Waals surface area contributed by atoms with Gasteiger partial charge in [0.05, 0.1) is 13.0 Å². The van der Waals surface area contributed by atoms with Crippen LogP contribution in [-0.2, 0) is 16.0 Å². The fourth-order valence-electron chi connectivity index (χ4n) is 2.01. The SMILES string of the molecule is CCN(CC)C(=O)Cc1ccc(NC(=O)NCCOC)cc1. The molecular formula is C16H25N3O3. The predicted octanol–water partition coefficient (Wildman–Crippen LogP) is 1.87. The summed E-state index contributed by atoms with van der Waals surface area (Å²) in [4.78, 5) is 25.4. The molecule has 3 amide bonds. The van der Waals surface area contributed by atoms with Gasteiger partial charge in [0.1, 0.15) is 0 Å². The Labute approximate surface area is 131 Å². The third kappa shape index (κ3) is 6.13. The molecule has 2 N–H and O–H groups in total. The van der Waals surface area contributed by atoms with Gasteiger partial charge in [-0.3, -0.25) is 4.79 Å². The van der Waals surface area contributed by atoms with E-state index in [1.165, 1.54) is 0 Å². The topological polar surface area (TPSA) is 70.7 Å². The number of carbonyl (C=O) groups is 2. The van der Waals surface area contributed by atoms with E-state index in [0.29, 0.717) is 25.3 Å². The third-order valence-corrected chi connectivity index (χ3v) is 3.28. The number of nitrogens with zero attached hydrogens (tertiary/aromatic N) is 1. The lowest BCUT2D eigenvalue weighted by Crippen LogP contribution is -2.32. The van der Waals surface area contributed by atoms with Gasteiger partial charge in [-0.2, -0.15) is 0 Å². The van der Waals surface area contributed by atoms with E-state index in [9.17, 15) is 9.59 Å². The molecule has 6 heteroatoms. The average Bonchev–Trinajstić information content (AvgIpc) is 2.51. The molecule has 0 spiro atoms. The summed E-state index contributed by atoms with van der Waals surface area (Å²) in [5.74, 6) is 0.114. The Balaban J connectivity index is 2.49. The number of likely N-dealkylation sites (N-methyl/N-ethyl adjacent to an activating group) is 1. The maximum atomic E-state index is 12.0. The lowest BCUT2D eigenvalue weighted by atomic mass is 10.1. The van der Waals surface area contributed by atoms with Gasteiger partial charge in [-0.1, -0.05) is 12.1 Å². The molecule has 0 unspecified atom stereocenters. The van der Waals surface area contributed by atoms with Gasteiger partial charge < -0.3 is 20.3 Å². The number of methoxy groups -OCH3 is 1. The van der Waals surface area contributed by atoms with Crippen molar-refractivity contribution in [2.24, 2.45) is 0 Å². The molecule has 0 saturated carbocycles. The Bertz CT molecular complexity index is 470. The number of anilines is 1. The highest BCUT2D eigenvalue weighted by molar-refractivity contribution is 5.89. The molecule has 0 aromatic heterocycles. The van der Waals surface area contributed by atoms with Crippen LogP contribution in [0.1, 0.15) is 19.4 Å². The summed E-state index contributed by atoms with van der Waals surface area (Å²) in [5.41, 5.74) is 1.62. The zero-order valence-corrected chi connectivity index (χ0v) is 13.5. The highest BCUT2D eigenvalue weighted by atomic mass is 16.5. The van der Waals surface area contributed by atoms with Gasteiger partial charge in [-0.25, -0.2) is 4.79 Å². The second-order valence-corrected chi connectivity index (χ2v) is 4.81. The molecule has 0 radical (unpaired) electrons. The first-order chi connectivity index (χ1) is 10.6. The number of amides is 3. The molecule has 0 bridgehead atoms. The van der Waals surface area contributed by atoms with E-state index >= 15 is 0 Å². The number of rotatable bonds is 8. The minimum Gasteiger partial charge on any atom is -0.383 e. The van der Waals surface area contributed by atoms with E-state index in [1.807, 2.05) is 26.0 Å². The number of nitrogens with one attached hydrogen (secondary N) is 2. The number of ether oxygens (including phenoxy) is 1. The zero-order chi connectivity index (χ0) is 16.4. The van der Waals surface area contributed by atoms with Crippen molar-refractivity contribution in [1.82, 2.24) is 10.2 Å². The molecule has 1 aromatic rings. The van der Waals surface area contributed by atoms with Crippen LogP contribution in [0.25, 0.3) is 0 Å². The summed E-state index contributed by atoms with van der Waals surface area (Å²) in [7, 11) is 1.58. The summed E-state index contributed by atoms with van der Waals surface area (Å²) in [6, 6.07) is 7.02. The van der Waals surface area contributed by atoms with Crippen molar-refractivity contribution in [3.63, 3.8) is 0 Å². The van der Waals surface area contributed by atoms with Crippen LogP contribution in [0.4, 0.5) is 10.5 Å². The molecule has 6 nitrogen and oxygen atoms in total. The minimum atomic E-state index is -0.274. The van der Waals surface area contributed by atoms with Crippen LogP contribution in [0.3, 0.4) is 0 Å². The van der Waals surface area contributed by atoms with E-state index in [-0.39, 0.29) is 11.9 Å². The molecule has 1 aromatic carbocycles. The molecule has 122 valence electrons. The Kier molecular flexibility index (Phi) is 7.99. The van der Waals surface area contributed by atoms with Gasteiger partial charge in [0.15, 0.2) is 0 Å². The highest BCUT2D eigenvalue weighted by Gasteiger charge is 2.10. The molecule has 0 saturated heterocycles. The number of urea groups is 1. The Morgan fingerprint density at radius 2 is 1.77 bits per heavy atom. The second-order valence-electron chi connectivity index (χ2n) is 4.81. The lowest BCUT2D eigenvalue weighted by molar-refractivity contribution is -0.130. The smallest absolute Gasteiger partial charge is 0.319 e. The molecular weight excluding hydrogens is 282 g/mol. The van der Waals surface area contributed by atoms with Crippen LogP contribution in [-0.4, -0.2) is 50.2 Å². The van der Waals surface area contributed by atoms with Crippen molar-refractivity contribution in [1.29, 1.82) is 0 Å². The van der Waals surface area contributed by atoms with E-state index in [0.717, 1.165) is 18.7 Å². The van der Waals surface area contributed by atoms with E-state index in [2.05, 4.69) is 10.6 Å². The first kappa shape index (κ1) is 18.0. The number of hydrogen-bond donors (Lipinski definition) is 2. The van der Waals surface area contributed by atoms with E-state index in [4.69, 9.17) is 4.74 Å². The van der Waals surface area contributed by atoms with Crippen molar-refractivity contribution in [2.45, 2.75) is 20.3 Å². The maximum Gasteiger partial charge on any atom is 0.319 e. The normalized spacial score (nSPS) is 10.1. The largest absolute Gasteiger partial charge is 0.383 e. The minimum absolute atomic E-state index is 0.114. The number of carbonyl (C=O) groups excluding carboxylic acids is 2. The van der Waals surface area contributed by atoms with Gasteiger partial charge in [-0.05, 0) is 31.5 Å². The fourth-order valence-corrected chi connectivity index (χ4v) is 2.01. The number of hydrogen-bond acceptors (Lipinski definition) is 3. The molecule has 0 aliphatic rings. The van der Waals surface area contributed by atoms with Gasteiger partial charge >= 0.3 is 6.03 Å². The summed E-state index contributed by atoms with van der Waals surface area (Å²) in [6.07, 6.45) is 0.377. The molecule has 22 heavy (non-hydrogen) atoms. The Morgan fingerprint density at radius 1 is 1.14 bits per heavy atom. The van der Waals surface area contributed by atoms with Crippen LogP contribution in [0.5, 0.6) is 0 Å². The molecule has 0 aliphatic carbocycles. The number of benzene rings is 1. The molecule has 1 rings (SSSR count). The van der Waals surface area contributed by atoms with Crippen LogP contribution in [0.15, 0.2) is 24.3 Å². The maximum absolute atomic E-state index is 12.0. The average molecular weight is 307 g/mol. The molecule has 0 atom stereocenters. The lowest BCUT2D eigenvalue weighted by Gasteiger charge is -2.18. The van der Waals surface area contributed by atoms with Crippen LogP contribution >= 0.6 is 0 Å². The van der Waals surface area contributed by atoms with Gasteiger partial charge in [0.2, 0.25) is 5.91 Å². The van der Waals surface area contributed by atoms with Crippen molar-refractivity contribution in [3.05, 3.63) is 29.8 Å². The fraction of sp³-hybridized carbons (Fsp3) is 0.500. The summed E-state index contributed by atoms with van der Waals surface area (Å²) >= 11 is 0. The quantitative estimate of drug-likeness (QED) is 0.720. The second kappa shape index (κ2) is 9.78. The van der Waals surface area contributed by atoms with Crippen LogP contribution in [0.2, 0.25) is 0 Å². The first-order valence-corrected chi connectivity index (χ1v) is 7.51. The predicted molar refractivity (Wildman–Crippen MR) is 87.0 cm³/mol. The summed E-state index contributed by atoms with van der Waals surface area (Å²) in [6.45, 7) is 6.30. The third-order valence-electron chi connectivity index (χ3n) is 3.28. The van der Waals surface area contributed by atoms with E-state index in [1.54, 1.807) is 24.1 Å². The van der Waals surface area contributed by atoms with E-state index < -0.39 is 0 Å². The summed E-state index contributed by atoms with van der Waals surface area (Å²) in [5, 5.41) is 5.40. The van der Waals surface area contributed by atoms with Crippen molar-refractivity contribution in [3.8, 4) is 0 Å². The Morgan fingerprint density at radius 3 is 2.32 bits per heavy atom. The van der Waals surface area contributed by atoms with Crippen LogP contribution in [0, 0.1) is 0 Å². The van der Waals surface area contributed by atoms with Gasteiger partial charge in [0, 0.05) is 32.4 Å². The standard InChI is InChI=1S/C16H25N3O3/c1-4-19(5-2)15(20)12-13-6-8-14(9-7-13)18-16(21)17-10-11-22-3/h6-9H,4-5,10-12H2,1-3H3,(H2,17,18,21). The van der Waals surface area contributed by atoms with Crippen molar-refractivity contribution in [2.75, 3.05) is 38.7 Å². The first-order valence-electron chi connectivity index (χ1n) is 7.51. The van der Waals surface area contributed by atoms with Crippen molar-refractivity contribution >= 4 is 17.6 Å².